The number of aromatic nitrogens is 3. The molecule has 0 bridgehead atoms. The van der Waals surface area contributed by atoms with Gasteiger partial charge in [-0.1, -0.05) is 30.3 Å². The van der Waals surface area contributed by atoms with Gasteiger partial charge in [-0.3, -0.25) is 4.90 Å². The van der Waals surface area contributed by atoms with Crippen molar-refractivity contribution in [1.29, 1.82) is 0 Å². The summed E-state index contributed by atoms with van der Waals surface area (Å²) >= 11 is 0. The third-order valence-corrected chi connectivity index (χ3v) is 4.43. The summed E-state index contributed by atoms with van der Waals surface area (Å²) in [5.74, 6) is 1.84. The lowest BCUT2D eigenvalue weighted by Crippen LogP contribution is -2.52. The van der Waals surface area contributed by atoms with Gasteiger partial charge in [-0.05, 0) is 12.5 Å². The number of guanidine groups is 1. The summed E-state index contributed by atoms with van der Waals surface area (Å²) < 4.78 is 1.91. The second-order valence-corrected chi connectivity index (χ2v) is 6.28. The fraction of sp³-hybridized carbons (Fsp3) is 0.500. The molecule has 1 saturated heterocycles. The smallest absolute Gasteiger partial charge is 0.194 e. The Kier molecular flexibility index (Phi) is 6.00. The van der Waals surface area contributed by atoms with Crippen LogP contribution in [0.4, 0.5) is 0 Å². The molecule has 0 amide bonds. The van der Waals surface area contributed by atoms with Crippen molar-refractivity contribution in [3.8, 4) is 0 Å². The quantitative estimate of drug-likeness (QED) is 0.652. The van der Waals surface area contributed by atoms with Gasteiger partial charge in [0.25, 0.3) is 0 Å². The normalized spacial score (nSPS) is 16.2. The Morgan fingerprint density at radius 2 is 1.92 bits per heavy atom. The van der Waals surface area contributed by atoms with Crippen LogP contribution < -0.4 is 5.32 Å². The standard InChI is InChI=1S/C18H27N7/c1-3-19-18(20-13-17-22-21-15-23(17)2)25-11-9-24(10-12-25)14-16-7-5-4-6-8-16/h4-8,15H,3,9-14H2,1-2H3,(H,19,20). The first-order valence-electron chi connectivity index (χ1n) is 8.88. The lowest BCUT2D eigenvalue weighted by atomic mass is 10.2. The number of benzene rings is 1. The molecular formula is C18H27N7. The second kappa shape index (κ2) is 8.62. The molecular weight excluding hydrogens is 314 g/mol. The molecule has 2 heterocycles. The summed E-state index contributed by atoms with van der Waals surface area (Å²) in [7, 11) is 1.94. The summed E-state index contributed by atoms with van der Waals surface area (Å²) in [6.45, 7) is 8.58. The van der Waals surface area contributed by atoms with E-state index in [1.807, 2.05) is 11.6 Å². The van der Waals surface area contributed by atoms with E-state index in [1.54, 1.807) is 6.33 Å². The minimum atomic E-state index is 0.545. The Morgan fingerprint density at radius 1 is 1.16 bits per heavy atom. The Labute approximate surface area is 149 Å². The summed E-state index contributed by atoms with van der Waals surface area (Å²) in [5.41, 5.74) is 1.37. The maximum atomic E-state index is 4.74. The average Bonchev–Trinajstić information content (AvgIpc) is 3.05. The van der Waals surface area contributed by atoms with Crippen molar-refractivity contribution in [1.82, 2.24) is 29.9 Å². The van der Waals surface area contributed by atoms with E-state index in [0.29, 0.717) is 6.54 Å². The van der Waals surface area contributed by atoms with Crippen LogP contribution in [0.15, 0.2) is 41.7 Å². The van der Waals surface area contributed by atoms with Crippen LogP contribution in [0, 0.1) is 0 Å². The van der Waals surface area contributed by atoms with Crippen LogP contribution in [0.3, 0.4) is 0 Å². The molecule has 25 heavy (non-hydrogen) atoms. The first kappa shape index (κ1) is 17.4. The van der Waals surface area contributed by atoms with Crippen LogP contribution in [0.2, 0.25) is 0 Å². The number of piperazine rings is 1. The second-order valence-electron chi connectivity index (χ2n) is 6.28. The van der Waals surface area contributed by atoms with Crippen molar-refractivity contribution in [2.24, 2.45) is 12.0 Å². The molecule has 7 heteroatoms. The lowest BCUT2D eigenvalue weighted by Gasteiger charge is -2.36. The number of hydrogen-bond acceptors (Lipinski definition) is 4. The maximum Gasteiger partial charge on any atom is 0.194 e. The van der Waals surface area contributed by atoms with Crippen molar-refractivity contribution >= 4 is 5.96 Å². The topological polar surface area (TPSA) is 61.6 Å². The number of nitrogens with one attached hydrogen (secondary N) is 1. The SMILES string of the molecule is CCNC(=NCc1nncn1C)N1CCN(Cc2ccccc2)CC1. The van der Waals surface area contributed by atoms with Gasteiger partial charge in [-0.25, -0.2) is 4.99 Å². The maximum absolute atomic E-state index is 4.74. The average molecular weight is 341 g/mol. The first-order valence-corrected chi connectivity index (χ1v) is 8.88. The first-order chi connectivity index (χ1) is 12.3. The molecule has 1 aromatic heterocycles. The fourth-order valence-electron chi connectivity index (χ4n) is 2.98. The Bertz CT molecular complexity index is 672. The zero-order valence-electron chi connectivity index (χ0n) is 15.1. The van der Waals surface area contributed by atoms with Crippen molar-refractivity contribution in [2.75, 3.05) is 32.7 Å². The fourth-order valence-corrected chi connectivity index (χ4v) is 2.98. The zero-order valence-corrected chi connectivity index (χ0v) is 15.1. The summed E-state index contributed by atoms with van der Waals surface area (Å²) in [6, 6.07) is 10.7. The monoisotopic (exact) mass is 341 g/mol. The summed E-state index contributed by atoms with van der Waals surface area (Å²) in [5, 5.41) is 11.4. The highest BCUT2D eigenvalue weighted by molar-refractivity contribution is 5.80. The molecule has 3 rings (SSSR count). The van der Waals surface area contributed by atoms with Crippen molar-refractivity contribution in [3.05, 3.63) is 48.0 Å². The van der Waals surface area contributed by atoms with Gasteiger partial charge in [0.15, 0.2) is 11.8 Å². The molecule has 1 N–H and O–H groups in total. The van der Waals surface area contributed by atoms with E-state index in [0.717, 1.165) is 51.1 Å². The van der Waals surface area contributed by atoms with Gasteiger partial charge in [0.1, 0.15) is 12.9 Å². The molecule has 0 radical (unpaired) electrons. The van der Waals surface area contributed by atoms with Crippen LogP contribution in [0.1, 0.15) is 18.3 Å². The molecule has 7 nitrogen and oxygen atoms in total. The number of hydrogen-bond donors (Lipinski definition) is 1. The molecule has 0 saturated carbocycles. The van der Waals surface area contributed by atoms with Gasteiger partial charge in [-0.15, -0.1) is 10.2 Å². The van der Waals surface area contributed by atoms with Crippen molar-refractivity contribution < 1.29 is 0 Å². The number of rotatable bonds is 5. The Hall–Kier alpha value is -2.41. The lowest BCUT2D eigenvalue weighted by molar-refractivity contribution is 0.172. The van der Waals surface area contributed by atoms with Gasteiger partial charge in [-0.2, -0.15) is 0 Å². The van der Waals surface area contributed by atoms with Gasteiger partial charge >= 0.3 is 0 Å². The third kappa shape index (κ3) is 4.79. The molecule has 134 valence electrons. The van der Waals surface area contributed by atoms with E-state index < -0.39 is 0 Å². The largest absolute Gasteiger partial charge is 0.357 e. The molecule has 1 fully saturated rings. The Balaban J connectivity index is 1.56. The van der Waals surface area contributed by atoms with Crippen LogP contribution in [-0.2, 0) is 20.1 Å². The van der Waals surface area contributed by atoms with Gasteiger partial charge in [0, 0.05) is 46.3 Å². The molecule has 0 spiro atoms. The Morgan fingerprint density at radius 3 is 2.56 bits per heavy atom. The van der Waals surface area contributed by atoms with Crippen LogP contribution in [0.25, 0.3) is 0 Å². The summed E-state index contributed by atoms with van der Waals surface area (Å²) in [4.78, 5) is 9.57. The van der Waals surface area contributed by atoms with E-state index >= 15 is 0 Å². The third-order valence-electron chi connectivity index (χ3n) is 4.43. The molecule has 0 unspecified atom stereocenters. The molecule has 1 aliphatic heterocycles. The molecule has 0 atom stereocenters. The van der Waals surface area contributed by atoms with Gasteiger partial charge in [0.2, 0.25) is 0 Å². The van der Waals surface area contributed by atoms with Crippen LogP contribution in [-0.4, -0.2) is 63.2 Å². The molecule has 1 aromatic carbocycles. The highest BCUT2D eigenvalue weighted by Gasteiger charge is 2.19. The van der Waals surface area contributed by atoms with E-state index in [4.69, 9.17) is 4.99 Å². The van der Waals surface area contributed by atoms with E-state index in [1.165, 1.54) is 5.56 Å². The van der Waals surface area contributed by atoms with Crippen molar-refractivity contribution in [2.45, 2.75) is 20.0 Å². The molecule has 1 aliphatic rings. The van der Waals surface area contributed by atoms with E-state index in [9.17, 15) is 0 Å². The van der Waals surface area contributed by atoms with Gasteiger partial charge < -0.3 is 14.8 Å². The van der Waals surface area contributed by atoms with Crippen molar-refractivity contribution in [3.63, 3.8) is 0 Å². The zero-order chi connectivity index (χ0) is 17.5. The number of aliphatic imine (C=N–C) groups is 1. The molecule has 2 aromatic rings. The van der Waals surface area contributed by atoms with Crippen LogP contribution >= 0.6 is 0 Å². The highest BCUT2D eigenvalue weighted by atomic mass is 15.4. The molecule has 0 aliphatic carbocycles. The highest BCUT2D eigenvalue weighted by Crippen LogP contribution is 2.09. The predicted octanol–water partition coefficient (Wildman–Crippen LogP) is 1.10. The van der Waals surface area contributed by atoms with Gasteiger partial charge in [0.05, 0.1) is 0 Å². The summed E-state index contributed by atoms with van der Waals surface area (Å²) in [6.07, 6.45) is 1.71. The number of aryl methyl sites for hydroxylation is 1. The van der Waals surface area contributed by atoms with Crippen LogP contribution in [0.5, 0.6) is 0 Å². The number of nitrogens with zero attached hydrogens (tertiary/aromatic N) is 6. The minimum Gasteiger partial charge on any atom is -0.357 e. The van der Waals surface area contributed by atoms with E-state index in [2.05, 4.69) is 62.6 Å². The van der Waals surface area contributed by atoms with E-state index in [-0.39, 0.29) is 0 Å². The predicted molar refractivity (Wildman–Crippen MR) is 99.1 cm³/mol. The minimum absolute atomic E-state index is 0.545.